The van der Waals surface area contributed by atoms with Crippen LogP contribution in [-0.4, -0.2) is 55.5 Å². The van der Waals surface area contributed by atoms with Gasteiger partial charge in [0.15, 0.2) is 0 Å². The standard InChI is InChI=1S/C11H23N3O.ClH/c1-9(6-12)13(2)8-11(15)14(3)7-10-4-5-10;/h9-10H,4-8,12H2,1-3H3;1H. The Labute approximate surface area is 105 Å². The highest BCUT2D eigenvalue weighted by molar-refractivity contribution is 5.85. The van der Waals surface area contributed by atoms with Crippen molar-refractivity contribution in [2.75, 3.05) is 33.7 Å². The van der Waals surface area contributed by atoms with Crippen molar-refractivity contribution < 1.29 is 4.79 Å². The van der Waals surface area contributed by atoms with Crippen molar-refractivity contribution in [1.82, 2.24) is 9.80 Å². The Morgan fingerprint density at radius 1 is 1.44 bits per heavy atom. The first-order valence-corrected chi connectivity index (χ1v) is 5.68. The van der Waals surface area contributed by atoms with E-state index in [0.29, 0.717) is 13.1 Å². The average Bonchev–Trinajstić information content (AvgIpc) is 3.00. The maximum absolute atomic E-state index is 11.8. The van der Waals surface area contributed by atoms with Crippen LogP contribution in [0.5, 0.6) is 0 Å². The van der Waals surface area contributed by atoms with E-state index in [2.05, 4.69) is 0 Å². The lowest BCUT2D eigenvalue weighted by molar-refractivity contribution is -0.131. The topological polar surface area (TPSA) is 49.6 Å². The predicted molar refractivity (Wildman–Crippen MR) is 68.8 cm³/mol. The molecule has 2 N–H and O–H groups in total. The third-order valence-electron chi connectivity index (χ3n) is 3.13. The van der Waals surface area contributed by atoms with E-state index in [9.17, 15) is 4.79 Å². The Morgan fingerprint density at radius 2 is 2.00 bits per heavy atom. The minimum Gasteiger partial charge on any atom is -0.344 e. The van der Waals surface area contributed by atoms with Gasteiger partial charge in [-0.1, -0.05) is 0 Å². The molecule has 1 rings (SSSR count). The molecule has 0 aromatic heterocycles. The number of rotatable bonds is 6. The molecule has 1 unspecified atom stereocenters. The average molecular weight is 250 g/mol. The molecule has 1 amide bonds. The lowest BCUT2D eigenvalue weighted by Gasteiger charge is -2.25. The maximum atomic E-state index is 11.8. The summed E-state index contributed by atoms with van der Waals surface area (Å²) in [6.45, 7) is 4.02. The third kappa shape index (κ3) is 5.14. The maximum Gasteiger partial charge on any atom is 0.236 e. The highest BCUT2D eigenvalue weighted by Crippen LogP contribution is 2.29. The van der Waals surface area contributed by atoms with Gasteiger partial charge in [0.05, 0.1) is 6.54 Å². The van der Waals surface area contributed by atoms with E-state index in [-0.39, 0.29) is 24.4 Å². The molecular formula is C11H24ClN3O. The van der Waals surface area contributed by atoms with Crippen molar-refractivity contribution in [2.45, 2.75) is 25.8 Å². The van der Waals surface area contributed by atoms with Gasteiger partial charge in [-0.05, 0) is 32.7 Å². The van der Waals surface area contributed by atoms with Crippen LogP contribution in [0.15, 0.2) is 0 Å². The van der Waals surface area contributed by atoms with Gasteiger partial charge < -0.3 is 10.6 Å². The molecule has 0 radical (unpaired) electrons. The lowest BCUT2D eigenvalue weighted by atomic mass is 10.3. The Bertz CT molecular complexity index is 221. The van der Waals surface area contributed by atoms with Crippen LogP contribution in [0.4, 0.5) is 0 Å². The van der Waals surface area contributed by atoms with E-state index in [1.807, 2.05) is 30.8 Å². The Morgan fingerprint density at radius 3 is 2.44 bits per heavy atom. The number of hydrogen-bond acceptors (Lipinski definition) is 3. The van der Waals surface area contributed by atoms with Gasteiger partial charge in [-0.2, -0.15) is 0 Å². The second-order valence-corrected chi connectivity index (χ2v) is 4.72. The van der Waals surface area contributed by atoms with Gasteiger partial charge in [0.2, 0.25) is 5.91 Å². The summed E-state index contributed by atoms with van der Waals surface area (Å²) in [6, 6.07) is 0.267. The number of hydrogen-bond donors (Lipinski definition) is 1. The molecule has 16 heavy (non-hydrogen) atoms. The van der Waals surface area contributed by atoms with Crippen LogP contribution in [0.1, 0.15) is 19.8 Å². The Hall–Kier alpha value is -0.320. The molecule has 0 saturated heterocycles. The fraction of sp³-hybridized carbons (Fsp3) is 0.909. The second kappa shape index (κ2) is 7.09. The second-order valence-electron chi connectivity index (χ2n) is 4.72. The molecule has 0 aromatic carbocycles. The molecule has 4 nitrogen and oxygen atoms in total. The predicted octanol–water partition coefficient (Wildman–Crippen LogP) is 0.556. The molecule has 0 aliphatic heterocycles. The largest absolute Gasteiger partial charge is 0.344 e. The highest BCUT2D eigenvalue weighted by Gasteiger charge is 2.25. The molecule has 5 heteroatoms. The van der Waals surface area contributed by atoms with E-state index >= 15 is 0 Å². The minimum atomic E-state index is 0. The van der Waals surface area contributed by atoms with Crippen LogP contribution in [0.25, 0.3) is 0 Å². The molecule has 1 fully saturated rings. The van der Waals surface area contributed by atoms with E-state index in [0.717, 1.165) is 12.5 Å². The van der Waals surface area contributed by atoms with E-state index < -0.39 is 0 Å². The number of nitrogens with two attached hydrogens (primary N) is 1. The number of carbonyl (C=O) groups excluding carboxylic acids is 1. The smallest absolute Gasteiger partial charge is 0.236 e. The quantitative estimate of drug-likeness (QED) is 0.748. The van der Waals surface area contributed by atoms with E-state index in [1.165, 1.54) is 12.8 Å². The van der Waals surface area contributed by atoms with Crippen LogP contribution in [0.2, 0.25) is 0 Å². The van der Waals surface area contributed by atoms with E-state index in [4.69, 9.17) is 5.73 Å². The fourth-order valence-electron chi connectivity index (χ4n) is 1.46. The van der Waals surface area contributed by atoms with Crippen molar-refractivity contribution in [3.63, 3.8) is 0 Å². The number of halogens is 1. The number of likely N-dealkylation sites (N-methyl/N-ethyl adjacent to an activating group) is 2. The van der Waals surface area contributed by atoms with E-state index in [1.54, 1.807) is 0 Å². The number of carbonyl (C=O) groups is 1. The molecule has 1 aliphatic carbocycles. The highest BCUT2D eigenvalue weighted by atomic mass is 35.5. The van der Waals surface area contributed by atoms with Gasteiger partial charge in [-0.15, -0.1) is 12.4 Å². The summed E-state index contributed by atoms with van der Waals surface area (Å²) in [7, 11) is 3.84. The zero-order valence-corrected chi connectivity index (χ0v) is 11.3. The number of nitrogens with zero attached hydrogens (tertiary/aromatic N) is 2. The summed E-state index contributed by atoms with van der Waals surface area (Å²) < 4.78 is 0. The van der Waals surface area contributed by atoms with Crippen LogP contribution >= 0.6 is 12.4 Å². The first-order chi connectivity index (χ1) is 7.04. The summed E-state index contributed by atoms with van der Waals surface area (Å²) >= 11 is 0. The van der Waals surface area contributed by atoms with Crippen molar-refractivity contribution in [3.8, 4) is 0 Å². The molecule has 0 heterocycles. The summed E-state index contributed by atoms with van der Waals surface area (Å²) in [6.07, 6.45) is 2.57. The van der Waals surface area contributed by atoms with Crippen molar-refractivity contribution >= 4 is 18.3 Å². The van der Waals surface area contributed by atoms with Gasteiger partial charge in [-0.25, -0.2) is 0 Å². The molecule has 1 aliphatic rings. The first kappa shape index (κ1) is 15.7. The Balaban J connectivity index is 0.00000225. The van der Waals surface area contributed by atoms with Crippen LogP contribution in [-0.2, 0) is 4.79 Å². The normalized spacial score (nSPS) is 16.8. The third-order valence-corrected chi connectivity index (χ3v) is 3.13. The molecule has 0 spiro atoms. The number of amides is 1. The molecule has 1 atom stereocenters. The van der Waals surface area contributed by atoms with Crippen molar-refractivity contribution in [2.24, 2.45) is 11.7 Å². The van der Waals surface area contributed by atoms with Gasteiger partial charge in [0.1, 0.15) is 0 Å². The first-order valence-electron chi connectivity index (χ1n) is 5.68. The van der Waals surface area contributed by atoms with Crippen LogP contribution < -0.4 is 5.73 Å². The zero-order chi connectivity index (χ0) is 11.4. The van der Waals surface area contributed by atoms with Crippen LogP contribution in [0.3, 0.4) is 0 Å². The molecule has 0 bridgehead atoms. The molecular weight excluding hydrogens is 226 g/mol. The molecule has 96 valence electrons. The van der Waals surface area contributed by atoms with Gasteiger partial charge in [-0.3, -0.25) is 9.69 Å². The summed E-state index contributed by atoms with van der Waals surface area (Å²) in [5.74, 6) is 0.959. The van der Waals surface area contributed by atoms with Gasteiger partial charge >= 0.3 is 0 Å². The summed E-state index contributed by atoms with van der Waals surface area (Å²) in [5.41, 5.74) is 5.55. The van der Waals surface area contributed by atoms with Crippen molar-refractivity contribution in [3.05, 3.63) is 0 Å². The SMILES string of the molecule is CC(CN)N(C)CC(=O)N(C)CC1CC1.Cl. The Kier molecular flexibility index (Phi) is 6.95. The van der Waals surface area contributed by atoms with Crippen LogP contribution in [0, 0.1) is 5.92 Å². The molecule has 0 aromatic rings. The summed E-state index contributed by atoms with van der Waals surface area (Å²) in [5, 5.41) is 0. The monoisotopic (exact) mass is 249 g/mol. The van der Waals surface area contributed by atoms with Gasteiger partial charge in [0, 0.05) is 26.2 Å². The van der Waals surface area contributed by atoms with Gasteiger partial charge in [0.25, 0.3) is 0 Å². The fourth-order valence-corrected chi connectivity index (χ4v) is 1.46. The zero-order valence-electron chi connectivity index (χ0n) is 10.5. The summed E-state index contributed by atoms with van der Waals surface area (Å²) in [4.78, 5) is 15.6. The lowest BCUT2D eigenvalue weighted by Crippen LogP contribution is -2.43. The minimum absolute atomic E-state index is 0. The molecule has 1 saturated carbocycles. The van der Waals surface area contributed by atoms with Crippen molar-refractivity contribution in [1.29, 1.82) is 0 Å².